The van der Waals surface area contributed by atoms with Crippen LogP contribution in [0.3, 0.4) is 0 Å². The van der Waals surface area contributed by atoms with Crippen LogP contribution < -0.4 is 11.1 Å². The second kappa shape index (κ2) is 6.87. The van der Waals surface area contributed by atoms with Crippen LogP contribution in [0.4, 0.5) is 11.8 Å². The number of nitrogens with zero attached hydrogens (tertiary/aromatic N) is 4. The number of anilines is 2. The Balaban J connectivity index is 2.14. The molecule has 3 rings (SSSR count). The van der Waals surface area contributed by atoms with Gasteiger partial charge in [-0.1, -0.05) is 0 Å². The van der Waals surface area contributed by atoms with Crippen molar-refractivity contribution in [3.05, 3.63) is 39.8 Å². The van der Waals surface area contributed by atoms with Crippen LogP contribution >= 0.6 is 11.3 Å². The lowest BCUT2D eigenvalue weighted by Gasteiger charge is -2.10. The summed E-state index contributed by atoms with van der Waals surface area (Å²) in [6.07, 6.45) is 3.38. The molecule has 0 fully saturated rings. The predicted octanol–water partition coefficient (Wildman–Crippen LogP) is 3.77. The number of thiophene rings is 1. The monoisotopic (exact) mass is 350 g/mol. The van der Waals surface area contributed by atoms with Crippen LogP contribution in [0.1, 0.15) is 22.2 Å². The summed E-state index contributed by atoms with van der Waals surface area (Å²) < 4.78 is 0. The average Bonchev–Trinajstić information content (AvgIpc) is 2.93. The maximum absolute atomic E-state index is 9.50. The van der Waals surface area contributed by atoms with E-state index in [-0.39, 0.29) is 5.82 Å². The van der Waals surface area contributed by atoms with Crippen LogP contribution in [0, 0.1) is 25.2 Å². The Morgan fingerprint density at radius 3 is 2.48 bits per heavy atom. The Kier molecular flexibility index (Phi) is 4.63. The molecule has 0 saturated carbocycles. The zero-order valence-electron chi connectivity index (χ0n) is 14.3. The zero-order chi connectivity index (χ0) is 18.0. The van der Waals surface area contributed by atoms with Crippen LogP contribution in [-0.2, 0) is 0 Å². The first kappa shape index (κ1) is 16.9. The molecule has 0 aliphatic rings. The number of pyridine rings is 1. The number of hydrogen-bond donors (Lipinski definition) is 2. The number of aryl methyl sites for hydroxylation is 2. The smallest absolute Gasteiger partial charge is 0.222 e. The minimum atomic E-state index is 0.217. The van der Waals surface area contributed by atoms with Crippen molar-refractivity contribution in [1.29, 1.82) is 5.26 Å². The number of rotatable bonds is 4. The lowest BCUT2D eigenvalue weighted by molar-refractivity contribution is 1.09. The van der Waals surface area contributed by atoms with Crippen molar-refractivity contribution in [2.45, 2.75) is 20.8 Å². The van der Waals surface area contributed by atoms with E-state index in [4.69, 9.17) is 5.73 Å². The number of nitriles is 1. The summed E-state index contributed by atoms with van der Waals surface area (Å²) in [5.74, 6) is 0.769. The maximum Gasteiger partial charge on any atom is 0.222 e. The molecule has 3 heterocycles. The molecule has 3 N–H and O–H groups in total. The van der Waals surface area contributed by atoms with E-state index in [1.54, 1.807) is 23.7 Å². The zero-order valence-corrected chi connectivity index (χ0v) is 15.1. The highest BCUT2D eigenvalue weighted by atomic mass is 32.1. The highest BCUT2D eigenvalue weighted by Crippen LogP contribution is 2.34. The fraction of sp³-hybridized carbons (Fsp3) is 0.222. The summed E-state index contributed by atoms with van der Waals surface area (Å²) in [5, 5.41) is 12.5. The van der Waals surface area contributed by atoms with E-state index in [1.807, 2.05) is 13.0 Å². The molecule has 0 aliphatic carbocycles. The molecular weight excluding hydrogens is 332 g/mol. The van der Waals surface area contributed by atoms with E-state index >= 15 is 0 Å². The van der Waals surface area contributed by atoms with Crippen molar-refractivity contribution in [3.63, 3.8) is 0 Å². The van der Waals surface area contributed by atoms with Crippen molar-refractivity contribution in [2.24, 2.45) is 0 Å². The van der Waals surface area contributed by atoms with Gasteiger partial charge in [0.2, 0.25) is 5.95 Å². The Morgan fingerprint density at radius 1 is 1.20 bits per heavy atom. The fourth-order valence-electron chi connectivity index (χ4n) is 2.65. The van der Waals surface area contributed by atoms with E-state index in [0.29, 0.717) is 17.1 Å². The van der Waals surface area contributed by atoms with Gasteiger partial charge in [0, 0.05) is 45.4 Å². The van der Waals surface area contributed by atoms with E-state index in [1.165, 1.54) is 9.75 Å². The minimum Gasteiger partial charge on any atom is -0.383 e. The molecule has 3 aromatic rings. The number of nitrogens with two attached hydrogens (primary N) is 1. The van der Waals surface area contributed by atoms with Crippen molar-refractivity contribution in [3.8, 4) is 28.5 Å². The summed E-state index contributed by atoms with van der Waals surface area (Å²) >= 11 is 1.71. The third-order valence-corrected chi connectivity index (χ3v) is 4.74. The standard InChI is InChI=1S/C18H18N6S/c1-4-21-18-22-8-12(9-23-18)14-6-16(24-17(20)15(14)7-19)13-5-10(2)25-11(13)3/h5-6,8-9H,4H2,1-3H3,(H2,20,24)(H,21,22,23). The van der Waals surface area contributed by atoms with Gasteiger partial charge in [0.05, 0.1) is 5.69 Å². The molecule has 0 unspecified atom stereocenters. The summed E-state index contributed by atoms with van der Waals surface area (Å²) in [6.45, 7) is 6.83. The predicted molar refractivity (Wildman–Crippen MR) is 101 cm³/mol. The molecule has 0 radical (unpaired) electrons. The molecule has 126 valence electrons. The SMILES string of the molecule is CCNc1ncc(-c2cc(-c3cc(C)sc3C)nc(N)c2C#N)cn1. The second-order valence-corrected chi connectivity index (χ2v) is 7.04. The molecule has 0 bridgehead atoms. The fourth-order valence-corrected chi connectivity index (χ4v) is 3.58. The van der Waals surface area contributed by atoms with Gasteiger partial charge in [-0.15, -0.1) is 11.3 Å². The molecular formula is C18H18N6S. The minimum absolute atomic E-state index is 0.217. The van der Waals surface area contributed by atoms with E-state index in [2.05, 4.69) is 46.3 Å². The lowest BCUT2D eigenvalue weighted by Crippen LogP contribution is -2.03. The molecule has 3 aromatic heterocycles. The molecule has 0 aromatic carbocycles. The summed E-state index contributed by atoms with van der Waals surface area (Å²) in [7, 11) is 0. The molecule has 0 spiro atoms. The first-order valence-electron chi connectivity index (χ1n) is 7.87. The summed E-state index contributed by atoms with van der Waals surface area (Å²) in [6, 6.07) is 6.11. The average molecular weight is 350 g/mol. The third-order valence-electron chi connectivity index (χ3n) is 3.77. The third kappa shape index (κ3) is 3.30. The van der Waals surface area contributed by atoms with Gasteiger partial charge in [-0.05, 0) is 32.9 Å². The van der Waals surface area contributed by atoms with E-state index in [0.717, 1.165) is 23.4 Å². The first-order chi connectivity index (χ1) is 12.0. The molecule has 0 aliphatic heterocycles. The number of aromatic nitrogens is 3. The molecule has 0 amide bonds. The van der Waals surface area contributed by atoms with Gasteiger partial charge in [0.15, 0.2) is 0 Å². The van der Waals surface area contributed by atoms with E-state index < -0.39 is 0 Å². The summed E-state index contributed by atoms with van der Waals surface area (Å²) in [5.41, 5.74) is 9.61. The van der Waals surface area contributed by atoms with Crippen molar-refractivity contribution >= 4 is 23.1 Å². The van der Waals surface area contributed by atoms with Crippen LogP contribution in [0.2, 0.25) is 0 Å². The van der Waals surface area contributed by atoms with Crippen molar-refractivity contribution in [1.82, 2.24) is 15.0 Å². The van der Waals surface area contributed by atoms with Gasteiger partial charge in [-0.25, -0.2) is 15.0 Å². The Bertz CT molecular complexity index is 953. The van der Waals surface area contributed by atoms with Gasteiger partial charge in [0.25, 0.3) is 0 Å². The summed E-state index contributed by atoms with van der Waals surface area (Å²) in [4.78, 5) is 15.4. The molecule has 7 heteroatoms. The van der Waals surface area contributed by atoms with Crippen LogP contribution in [-0.4, -0.2) is 21.5 Å². The highest BCUT2D eigenvalue weighted by molar-refractivity contribution is 7.12. The van der Waals surface area contributed by atoms with Crippen molar-refractivity contribution < 1.29 is 0 Å². The molecule has 0 saturated heterocycles. The largest absolute Gasteiger partial charge is 0.383 e. The molecule has 25 heavy (non-hydrogen) atoms. The number of nitrogen functional groups attached to an aromatic ring is 1. The maximum atomic E-state index is 9.50. The van der Waals surface area contributed by atoms with Crippen LogP contribution in [0.25, 0.3) is 22.4 Å². The van der Waals surface area contributed by atoms with Crippen LogP contribution in [0.5, 0.6) is 0 Å². The van der Waals surface area contributed by atoms with Gasteiger partial charge in [-0.2, -0.15) is 5.26 Å². The van der Waals surface area contributed by atoms with Gasteiger partial charge in [-0.3, -0.25) is 0 Å². The molecule has 6 nitrogen and oxygen atoms in total. The Hall–Kier alpha value is -2.98. The first-order valence-corrected chi connectivity index (χ1v) is 8.69. The van der Waals surface area contributed by atoms with Crippen molar-refractivity contribution in [2.75, 3.05) is 17.6 Å². The van der Waals surface area contributed by atoms with Gasteiger partial charge in [0.1, 0.15) is 17.5 Å². The quantitative estimate of drug-likeness (QED) is 0.743. The van der Waals surface area contributed by atoms with Gasteiger partial charge >= 0.3 is 0 Å². The number of hydrogen-bond acceptors (Lipinski definition) is 7. The molecule has 0 atom stereocenters. The topological polar surface area (TPSA) is 101 Å². The lowest BCUT2D eigenvalue weighted by atomic mass is 10.0. The Labute approximate surface area is 150 Å². The second-order valence-electron chi connectivity index (χ2n) is 5.58. The Morgan fingerprint density at radius 2 is 1.92 bits per heavy atom. The number of nitrogens with one attached hydrogen (secondary N) is 1. The highest BCUT2D eigenvalue weighted by Gasteiger charge is 2.16. The van der Waals surface area contributed by atoms with Crippen LogP contribution in [0.15, 0.2) is 24.5 Å². The van der Waals surface area contributed by atoms with Gasteiger partial charge < -0.3 is 11.1 Å². The van der Waals surface area contributed by atoms with E-state index in [9.17, 15) is 5.26 Å². The normalized spacial score (nSPS) is 10.5.